The third-order valence-electron chi connectivity index (χ3n) is 9.32. The third-order valence-corrected chi connectivity index (χ3v) is 9.32. The zero-order chi connectivity index (χ0) is 33.8. The SMILES string of the molecule is C.C.NC1=N[C@@](CF)(c2ccccc2F)[C@@H]2CC(F)(F)C[C@]2(CF)O1.NC1=N[C@](CF)(c2ccccc2F)[C@H]2CC(F)(F)C[C@@]2(CF)O1. The number of alkyl halides is 8. The maximum absolute atomic E-state index is 14.2. The van der Waals surface area contributed by atoms with E-state index >= 15 is 0 Å². The third kappa shape index (κ3) is 6.14. The number of aliphatic imine (C=N–C) groups is 2. The average molecular weight is 701 g/mol. The highest BCUT2D eigenvalue weighted by Gasteiger charge is 2.69. The predicted molar refractivity (Wildman–Crippen MR) is 160 cm³/mol. The molecule has 2 aliphatic heterocycles. The summed E-state index contributed by atoms with van der Waals surface area (Å²) < 4.78 is 150. The van der Waals surface area contributed by atoms with Crippen LogP contribution in [0.25, 0.3) is 0 Å². The van der Waals surface area contributed by atoms with Crippen molar-refractivity contribution in [2.24, 2.45) is 33.3 Å². The molecule has 268 valence electrons. The van der Waals surface area contributed by atoms with Gasteiger partial charge in [-0.3, -0.25) is 0 Å². The zero-order valence-corrected chi connectivity index (χ0v) is 24.1. The first-order valence-corrected chi connectivity index (χ1v) is 14.2. The molecule has 0 spiro atoms. The molecule has 6 nitrogen and oxygen atoms in total. The van der Waals surface area contributed by atoms with Gasteiger partial charge in [-0.15, -0.1) is 0 Å². The smallest absolute Gasteiger partial charge is 0.283 e. The van der Waals surface area contributed by atoms with Crippen molar-refractivity contribution in [3.05, 3.63) is 71.3 Å². The second kappa shape index (κ2) is 13.3. The molecule has 4 aliphatic rings. The number of nitrogens with two attached hydrogens (primary N) is 2. The molecular weight excluding hydrogens is 662 g/mol. The topological polar surface area (TPSA) is 95.2 Å². The monoisotopic (exact) mass is 700 g/mol. The van der Waals surface area contributed by atoms with Gasteiger partial charge in [0.05, 0.1) is 12.8 Å². The van der Waals surface area contributed by atoms with Crippen molar-refractivity contribution >= 4 is 12.0 Å². The van der Waals surface area contributed by atoms with Crippen LogP contribution in [0.3, 0.4) is 0 Å². The minimum Gasteiger partial charge on any atom is -0.455 e. The van der Waals surface area contributed by atoms with Gasteiger partial charge in [0.15, 0.2) is 11.2 Å². The van der Waals surface area contributed by atoms with Crippen molar-refractivity contribution in [3.63, 3.8) is 0 Å². The summed E-state index contributed by atoms with van der Waals surface area (Å²) in [5.74, 6) is -10.9. The van der Waals surface area contributed by atoms with Crippen LogP contribution in [0.1, 0.15) is 51.7 Å². The lowest BCUT2D eigenvalue weighted by Crippen LogP contribution is -2.57. The summed E-state index contributed by atoms with van der Waals surface area (Å²) in [6, 6.07) is 9.02. The summed E-state index contributed by atoms with van der Waals surface area (Å²) in [6.45, 7) is -5.17. The molecule has 0 saturated heterocycles. The molecular formula is C32H38F10N4O2. The van der Waals surface area contributed by atoms with Crippen LogP contribution in [0, 0.1) is 23.5 Å². The first kappa shape index (κ1) is 38.7. The van der Waals surface area contributed by atoms with E-state index < -0.39 is 122 Å². The van der Waals surface area contributed by atoms with Gasteiger partial charge >= 0.3 is 0 Å². The summed E-state index contributed by atoms with van der Waals surface area (Å²) in [7, 11) is 0. The van der Waals surface area contributed by atoms with Crippen LogP contribution in [0.5, 0.6) is 0 Å². The van der Waals surface area contributed by atoms with E-state index in [2.05, 4.69) is 9.98 Å². The van der Waals surface area contributed by atoms with E-state index in [9.17, 15) is 43.9 Å². The second-order valence-electron chi connectivity index (χ2n) is 12.2. The van der Waals surface area contributed by atoms with Gasteiger partial charge < -0.3 is 20.9 Å². The van der Waals surface area contributed by atoms with Gasteiger partial charge in [0.1, 0.15) is 49.4 Å². The Bertz CT molecular complexity index is 1420. The molecule has 2 aromatic rings. The Kier molecular flexibility index (Phi) is 10.7. The lowest BCUT2D eigenvalue weighted by molar-refractivity contribution is -0.0698. The highest BCUT2D eigenvalue weighted by atomic mass is 19.3. The van der Waals surface area contributed by atoms with Gasteiger partial charge in [-0.1, -0.05) is 51.3 Å². The summed E-state index contributed by atoms with van der Waals surface area (Å²) in [5.41, 5.74) is 2.48. The van der Waals surface area contributed by atoms with Crippen molar-refractivity contribution in [2.45, 2.75) is 74.7 Å². The molecule has 6 rings (SSSR count). The first-order valence-electron chi connectivity index (χ1n) is 14.2. The molecule has 2 aliphatic carbocycles. The lowest BCUT2D eigenvalue weighted by atomic mass is 9.71. The minimum absolute atomic E-state index is 0. The largest absolute Gasteiger partial charge is 0.455 e. The van der Waals surface area contributed by atoms with Crippen LogP contribution >= 0.6 is 0 Å². The van der Waals surface area contributed by atoms with Crippen LogP contribution in [0.4, 0.5) is 43.9 Å². The number of ether oxygens (including phenoxy) is 2. The van der Waals surface area contributed by atoms with Gasteiger partial charge in [-0.2, -0.15) is 0 Å². The number of hydrogen-bond acceptors (Lipinski definition) is 6. The Labute approximate surface area is 271 Å². The second-order valence-corrected chi connectivity index (χ2v) is 12.2. The normalized spacial score (nSPS) is 33.9. The van der Waals surface area contributed by atoms with Gasteiger partial charge in [-0.25, -0.2) is 53.9 Å². The standard InChI is InChI=1S/2C15H15F5N2O.2CH4/c2*16-7-13-6-14(19,20)5-11(13)15(8-17,22-12(21)23-13)9-3-1-2-4-10(9)18;;/h2*1-4,11H,5-8H2,(H2,21,22);2*1H4/t2*11-,13-,15+;;/m10../s1. The molecule has 2 saturated carbocycles. The number of halogens is 10. The zero-order valence-electron chi connectivity index (χ0n) is 24.1. The number of nitrogens with zero attached hydrogens (tertiary/aromatic N) is 2. The maximum atomic E-state index is 14.2. The fourth-order valence-corrected chi connectivity index (χ4v) is 7.52. The molecule has 0 aromatic heterocycles. The fraction of sp³-hybridized carbons (Fsp3) is 0.562. The number of hydrogen-bond donors (Lipinski definition) is 2. The molecule has 0 unspecified atom stereocenters. The first-order chi connectivity index (χ1) is 21.6. The van der Waals surface area contributed by atoms with Crippen LogP contribution in [-0.4, -0.2) is 61.8 Å². The Morgan fingerprint density at radius 3 is 1.23 bits per heavy atom. The van der Waals surface area contributed by atoms with E-state index in [1.165, 1.54) is 36.4 Å². The van der Waals surface area contributed by atoms with E-state index in [4.69, 9.17) is 20.9 Å². The van der Waals surface area contributed by atoms with Crippen LogP contribution < -0.4 is 11.5 Å². The molecule has 0 bridgehead atoms. The van der Waals surface area contributed by atoms with E-state index in [0.29, 0.717) is 0 Å². The summed E-state index contributed by atoms with van der Waals surface area (Å²) in [6.07, 6.45) is -3.61. The molecule has 2 fully saturated rings. The Morgan fingerprint density at radius 1 is 0.604 bits per heavy atom. The maximum Gasteiger partial charge on any atom is 0.283 e. The van der Waals surface area contributed by atoms with E-state index in [0.717, 1.165) is 12.1 Å². The number of fused-ring (bicyclic) bond motifs is 2. The number of rotatable bonds is 6. The Balaban J connectivity index is 0.000000250. The predicted octanol–water partition coefficient (Wildman–Crippen LogP) is 7.45. The van der Waals surface area contributed by atoms with Crippen LogP contribution in [-0.2, 0) is 20.6 Å². The van der Waals surface area contributed by atoms with E-state index in [-0.39, 0.29) is 26.0 Å². The summed E-state index contributed by atoms with van der Waals surface area (Å²) in [5, 5.41) is 0. The molecule has 2 aromatic carbocycles. The van der Waals surface area contributed by atoms with Crippen LogP contribution in [0.15, 0.2) is 58.5 Å². The molecule has 0 amide bonds. The molecule has 2 heterocycles. The highest BCUT2D eigenvalue weighted by molar-refractivity contribution is 5.75. The minimum atomic E-state index is -3.28. The van der Waals surface area contributed by atoms with Crippen molar-refractivity contribution in [1.82, 2.24) is 0 Å². The average Bonchev–Trinajstić information content (AvgIpc) is 3.45. The van der Waals surface area contributed by atoms with Crippen molar-refractivity contribution < 1.29 is 53.4 Å². The Hall–Kier alpha value is -3.72. The number of amidine groups is 2. The Morgan fingerprint density at radius 2 is 0.938 bits per heavy atom. The fourth-order valence-electron chi connectivity index (χ4n) is 7.52. The molecule has 4 N–H and O–H groups in total. The molecule has 0 radical (unpaired) electrons. The lowest BCUT2D eigenvalue weighted by Gasteiger charge is -2.45. The van der Waals surface area contributed by atoms with Crippen molar-refractivity contribution in [3.8, 4) is 0 Å². The van der Waals surface area contributed by atoms with E-state index in [1.807, 2.05) is 0 Å². The van der Waals surface area contributed by atoms with E-state index in [1.54, 1.807) is 0 Å². The van der Waals surface area contributed by atoms with Gasteiger partial charge in [-0.05, 0) is 12.1 Å². The summed E-state index contributed by atoms with van der Waals surface area (Å²) >= 11 is 0. The molecule has 48 heavy (non-hydrogen) atoms. The number of benzene rings is 2. The quantitative estimate of drug-likeness (QED) is 0.306. The summed E-state index contributed by atoms with van der Waals surface area (Å²) in [4.78, 5) is 7.64. The van der Waals surface area contributed by atoms with Gasteiger partial charge in [0.2, 0.25) is 0 Å². The van der Waals surface area contributed by atoms with Crippen molar-refractivity contribution in [2.75, 3.05) is 26.7 Å². The van der Waals surface area contributed by atoms with Crippen molar-refractivity contribution in [1.29, 1.82) is 0 Å². The van der Waals surface area contributed by atoms with Gasteiger partial charge in [0, 0.05) is 35.8 Å². The highest BCUT2D eigenvalue weighted by Crippen LogP contribution is 2.59. The van der Waals surface area contributed by atoms with Gasteiger partial charge in [0.25, 0.3) is 23.9 Å². The van der Waals surface area contributed by atoms with Crippen LogP contribution in [0.2, 0.25) is 0 Å². The molecule has 16 heteroatoms. The molecule has 6 atom stereocenters.